The number of allylic oxidation sites excluding steroid dienone is 2. The third-order valence-corrected chi connectivity index (χ3v) is 6.12. The first kappa shape index (κ1) is 15.5. The van der Waals surface area contributed by atoms with Crippen LogP contribution >= 0.6 is 11.8 Å². The number of Topliss-reactive ketones (excluding diaryl/α,β-unsaturated/α-hetero) is 1. The van der Waals surface area contributed by atoms with Crippen molar-refractivity contribution in [2.24, 2.45) is 11.3 Å². The second-order valence-corrected chi connectivity index (χ2v) is 8.46. The predicted octanol–water partition coefficient (Wildman–Crippen LogP) is 5.44. The molecule has 0 saturated carbocycles. The molecular formula is C21H21NOS. The lowest BCUT2D eigenvalue weighted by Crippen LogP contribution is -2.34. The molecule has 24 heavy (non-hydrogen) atoms. The summed E-state index contributed by atoms with van der Waals surface area (Å²) < 4.78 is 0. The van der Waals surface area contributed by atoms with Gasteiger partial charge in [0.1, 0.15) is 5.78 Å². The Labute approximate surface area is 147 Å². The van der Waals surface area contributed by atoms with E-state index in [-0.39, 0.29) is 16.6 Å². The quantitative estimate of drug-likeness (QED) is 0.752. The molecule has 0 bridgehead atoms. The van der Waals surface area contributed by atoms with Crippen molar-refractivity contribution >= 4 is 23.2 Å². The van der Waals surface area contributed by atoms with Crippen molar-refractivity contribution in [1.29, 1.82) is 0 Å². The average molecular weight is 335 g/mol. The second-order valence-electron chi connectivity index (χ2n) is 7.28. The first-order valence-corrected chi connectivity index (χ1v) is 9.25. The van der Waals surface area contributed by atoms with Crippen LogP contribution in [0, 0.1) is 11.3 Å². The SMILES string of the molecule is CC1(C)C=C2Nc3ccccc3S[C@H](c3ccccc3)[C@H]2C(=O)C1. The highest BCUT2D eigenvalue weighted by molar-refractivity contribution is 7.99. The van der Waals surface area contributed by atoms with Crippen molar-refractivity contribution in [2.75, 3.05) is 5.32 Å². The standard InChI is InChI=1S/C21H21NOS/c1-21(2)12-16-19(17(23)13-21)20(14-8-4-3-5-9-14)24-18-11-7-6-10-15(18)22-16/h3-12,19-20,22H,13H2,1-2H3/t19-,20-/m1/s1. The Morgan fingerprint density at radius 3 is 2.54 bits per heavy atom. The predicted molar refractivity (Wildman–Crippen MR) is 100 cm³/mol. The fourth-order valence-corrected chi connectivity index (χ4v) is 5.08. The summed E-state index contributed by atoms with van der Waals surface area (Å²) in [7, 11) is 0. The van der Waals surface area contributed by atoms with E-state index in [0.29, 0.717) is 12.2 Å². The number of fused-ring (bicyclic) bond motifs is 2. The van der Waals surface area contributed by atoms with E-state index in [4.69, 9.17) is 0 Å². The van der Waals surface area contributed by atoms with Gasteiger partial charge in [0.25, 0.3) is 0 Å². The van der Waals surface area contributed by atoms with E-state index in [9.17, 15) is 4.79 Å². The minimum absolute atomic E-state index is 0.0961. The molecule has 0 unspecified atom stereocenters. The summed E-state index contributed by atoms with van der Waals surface area (Å²) in [6, 6.07) is 18.7. The van der Waals surface area contributed by atoms with Gasteiger partial charge < -0.3 is 5.32 Å². The van der Waals surface area contributed by atoms with E-state index in [0.717, 1.165) is 11.4 Å². The normalized spacial score (nSPS) is 24.9. The monoisotopic (exact) mass is 335 g/mol. The van der Waals surface area contributed by atoms with Crippen molar-refractivity contribution in [3.05, 3.63) is 71.9 Å². The number of anilines is 1. The summed E-state index contributed by atoms with van der Waals surface area (Å²) in [5.74, 6) is 0.219. The third kappa shape index (κ3) is 2.78. The average Bonchev–Trinajstić information content (AvgIpc) is 2.70. The lowest BCUT2D eigenvalue weighted by atomic mass is 9.74. The van der Waals surface area contributed by atoms with Crippen LogP contribution in [0.2, 0.25) is 0 Å². The molecule has 3 heteroatoms. The van der Waals surface area contributed by atoms with Gasteiger partial charge in [0.05, 0.1) is 11.6 Å². The van der Waals surface area contributed by atoms with Crippen molar-refractivity contribution in [2.45, 2.75) is 30.4 Å². The molecule has 4 rings (SSSR count). The smallest absolute Gasteiger partial charge is 0.144 e. The molecular weight excluding hydrogens is 314 g/mol. The molecule has 2 aromatic carbocycles. The van der Waals surface area contributed by atoms with Crippen LogP contribution in [0.5, 0.6) is 0 Å². The minimum Gasteiger partial charge on any atom is -0.358 e. The summed E-state index contributed by atoms with van der Waals surface area (Å²) >= 11 is 1.80. The zero-order chi connectivity index (χ0) is 16.7. The Morgan fingerprint density at radius 1 is 1.04 bits per heavy atom. The fourth-order valence-electron chi connectivity index (χ4n) is 3.68. The molecule has 2 nitrogen and oxygen atoms in total. The van der Waals surface area contributed by atoms with Crippen LogP contribution in [0.1, 0.15) is 31.1 Å². The maximum Gasteiger partial charge on any atom is 0.144 e. The molecule has 0 amide bonds. The Kier molecular flexibility index (Phi) is 3.76. The first-order chi connectivity index (χ1) is 11.5. The van der Waals surface area contributed by atoms with Crippen LogP contribution in [0.3, 0.4) is 0 Å². The number of hydrogen-bond donors (Lipinski definition) is 1. The molecule has 1 heterocycles. The maximum absolute atomic E-state index is 13.0. The zero-order valence-corrected chi connectivity index (χ0v) is 14.8. The molecule has 1 N–H and O–H groups in total. The van der Waals surface area contributed by atoms with Crippen LogP contribution in [0.4, 0.5) is 5.69 Å². The third-order valence-electron chi connectivity index (χ3n) is 4.71. The topological polar surface area (TPSA) is 29.1 Å². The molecule has 2 atom stereocenters. The molecule has 0 fully saturated rings. The Bertz CT molecular complexity index is 810. The Balaban J connectivity index is 1.88. The van der Waals surface area contributed by atoms with E-state index in [1.54, 1.807) is 11.8 Å². The fraction of sp³-hybridized carbons (Fsp3) is 0.286. The highest BCUT2D eigenvalue weighted by Crippen LogP contribution is 2.52. The van der Waals surface area contributed by atoms with Gasteiger partial charge in [-0.05, 0) is 23.1 Å². The van der Waals surface area contributed by atoms with E-state index in [1.807, 2.05) is 12.1 Å². The molecule has 0 aromatic heterocycles. The first-order valence-electron chi connectivity index (χ1n) is 8.37. The van der Waals surface area contributed by atoms with Crippen molar-refractivity contribution < 1.29 is 4.79 Å². The summed E-state index contributed by atoms with van der Waals surface area (Å²) in [6.45, 7) is 4.27. The van der Waals surface area contributed by atoms with Crippen LogP contribution in [0.15, 0.2) is 71.3 Å². The molecule has 122 valence electrons. The van der Waals surface area contributed by atoms with Gasteiger partial charge in [-0.15, -0.1) is 11.8 Å². The summed E-state index contributed by atoms with van der Waals surface area (Å²) in [5.41, 5.74) is 3.27. The largest absolute Gasteiger partial charge is 0.358 e. The van der Waals surface area contributed by atoms with E-state index in [2.05, 4.69) is 67.7 Å². The van der Waals surface area contributed by atoms with Gasteiger partial charge in [0.2, 0.25) is 0 Å². The van der Waals surface area contributed by atoms with Gasteiger partial charge in [-0.25, -0.2) is 0 Å². The van der Waals surface area contributed by atoms with E-state index in [1.165, 1.54) is 10.5 Å². The summed E-state index contributed by atoms with van der Waals surface area (Å²) in [4.78, 5) is 14.2. The van der Waals surface area contributed by atoms with Gasteiger partial charge in [-0.2, -0.15) is 0 Å². The zero-order valence-electron chi connectivity index (χ0n) is 14.0. The molecule has 0 saturated heterocycles. The Morgan fingerprint density at radius 2 is 1.75 bits per heavy atom. The number of ketones is 1. The second kappa shape index (κ2) is 5.82. The van der Waals surface area contributed by atoms with E-state index < -0.39 is 0 Å². The van der Waals surface area contributed by atoms with Gasteiger partial charge in [-0.1, -0.05) is 62.4 Å². The van der Waals surface area contributed by atoms with E-state index >= 15 is 0 Å². The molecule has 0 radical (unpaired) electrons. The van der Waals surface area contributed by atoms with Crippen LogP contribution < -0.4 is 5.32 Å². The molecule has 0 spiro atoms. The van der Waals surface area contributed by atoms with Crippen LogP contribution in [-0.4, -0.2) is 5.78 Å². The molecule has 1 aliphatic carbocycles. The number of rotatable bonds is 1. The summed E-state index contributed by atoms with van der Waals surface area (Å²) in [6.07, 6.45) is 2.86. The lowest BCUT2D eigenvalue weighted by Gasteiger charge is -2.35. The number of nitrogens with one attached hydrogen (secondary N) is 1. The van der Waals surface area contributed by atoms with Crippen molar-refractivity contribution in [1.82, 2.24) is 0 Å². The van der Waals surface area contributed by atoms with Gasteiger partial charge in [0, 0.05) is 22.3 Å². The number of carbonyl (C=O) groups is 1. The summed E-state index contributed by atoms with van der Waals surface area (Å²) in [5, 5.41) is 3.68. The number of benzene rings is 2. The van der Waals surface area contributed by atoms with Crippen LogP contribution in [0.25, 0.3) is 0 Å². The number of carbonyl (C=O) groups excluding carboxylic acids is 1. The van der Waals surface area contributed by atoms with Gasteiger partial charge in [0.15, 0.2) is 0 Å². The highest BCUT2D eigenvalue weighted by Gasteiger charge is 2.41. The number of hydrogen-bond acceptors (Lipinski definition) is 3. The van der Waals surface area contributed by atoms with Crippen molar-refractivity contribution in [3.8, 4) is 0 Å². The number of thioether (sulfide) groups is 1. The molecule has 1 aliphatic heterocycles. The maximum atomic E-state index is 13.0. The van der Waals surface area contributed by atoms with Crippen LogP contribution in [-0.2, 0) is 4.79 Å². The van der Waals surface area contributed by atoms with Gasteiger partial charge >= 0.3 is 0 Å². The molecule has 2 aromatic rings. The van der Waals surface area contributed by atoms with Crippen molar-refractivity contribution in [3.63, 3.8) is 0 Å². The lowest BCUT2D eigenvalue weighted by molar-refractivity contribution is -0.123. The number of para-hydroxylation sites is 1. The minimum atomic E-state index is -0.113. The molecule has 2 aliphatic rings. The highest BCUT2D eigenvalue weighted by atomic mass is 32.2. The van der Waals surface area contributed by atoms with Gasteiger partial charge in [-0.3, -0.25) is 4.79 Å². The Hall–Kier alpha value is -2.00.